The first-order chi connectivity index (χ1) is 8.07. The van der Waals surface area contributed by atoms with Crippen LogP contribution in [0.2, 0.25) is 0 Å². The van der Waals surface area contributed by atoms with E-state index in [4.69, 9.17) is 5.73 Å². The molecule has 17 heavy (non-hydrogen) atoms. The maximum atomic E-state index is 12.1. The van der Waals surface area contributed by atoms with Gasteiger partial charge in [-0.25, -0.2) is 0 Å². The molecule has 1 aliphatic carbocycles. The first kappa shape index (κ1) is 14.8. The van der Waals surface area contributed by atoms with E-state index in [0.717, 1.165) is 31.4 Å². The van der Waals surface area contributed by atoms with E-state index in [0.29, 0.717) is 6.42 Å². The molecule has 3 atom stereocenters. The Kier molecular flexibility index (Phi) is 6.30. The highest BCUT2D eigenvalue weighted by molar-refractivity contribution is 7.98. The number of hydrogen-bond donors (Lipinski definition) is 2. The Labute approximate surface area is 108 Å². The van der Waals surface area contributed by atoms with Crippen LogP contribution in [0.1, 0.15) is 32.1 Å². The lowest BCUT2D eigenvalue weighted by molar-refractivity contribution is -0.136. The fraction of sp³-hybridized carbons (Fsp3) is 0.917. The second-order valence-electron chi connectivity index (χ2n) is 4.76. The number of nitrogens with zero attached hydrogens (tertiary/aromatic N) is 1. The molecule has 0 aromatic carbocycles. The van der Waals surface area contributed by atoms with E-state index in [9.17, 15) is 9.90 Å². The normalized spacial score (nSPS) is 26.6. The minimum Gasteiger partial charge on any atom is -0.391 e. The first-order valence-corrected chi connectivity index (χ1v) is 7.66. The Bertz CT molecular complexity index is 251. The summed E-state index contributed by atoms with van der Waals surface area (Å²) < 4.78 is 0. The van der Waals surface area contributed by atoms with Gasteiger partial charge in [0.1, 0.15) is 0 Å². The summed E-state index contributed by atoms with van der Waals surface area (Å²) in [7, 11) is 1.76. The van der Waals surface area contributed by atoms with Crippen LogP contribution in [0.4, 0.5) is 0 Å². The second-order valence-corrected chi connectivity index (χ2v) is 5.74. The summed E-state index contributed by atoms with van der Waals surface area (Å²) in [6.45, 7) is 0. The number of rotatable bonds is 5. The van der Waals surface area contributed by atoms with Crippen molar-refractivity contribution in [3.05, 3.63) is 0 Å². The number of aliphatic hydroxyl groups is 1. The molecule has 0 aliphatic heterocycles. The quantitative estimate of drug-likeness (QED) is 0.768. The molecule has 3 N–H and O–H groups in total. The molecular weight excluding hydrogens is 236 g/mol. The number of hydrogen-bond acceptors (Lipinski definition) is 4. The Morgan fingerprint density at radius 1 is 1.53 bits per heavy atom. The smallest absolute Gasteiger partial charge is 0.239 e. The van der Waals surface area contributed by atoms with Crippen molar-refractivity contribution >= 4 is 17.7 Å². The van der Waals surface area contributed by atoms with Crippen LogP contribution in [-0.4, -0.2) is 53.2 Å². The summed E-state index contributed by atoms with van der Waals surface area (Å²) in [4.78, 5) is 13.7. The van der Waals surface area contributed by atoms with Gasteiger partial charge in [0.15, 0.2) is 0 Å². The molecule has 1 saturated carbocycles. The SMILES string of the molecule is CSCC[C@H](N)C(=O)N(C)C1CCCCC1O. The van der Waals surface area contributed by atoms with E-state index in [2.05, 4.69) is 0 Å². The first-order valence-electron chi connectivity index (χ1n) is 6.27. The highest BCUT2D eigenvalue weighted by Gasteiger charge is 2.31. The number of thioether (sulfide) groups is 1. The minimum absolute atomic E-state index is 0.0370. The molecule has 0 bridgehead atoms. The number of carbonyl (C=O) groups is 1. The zero-order chi connectivity index (χ0) is 12.8. The standard InChI is InChI=1S/C12H24N2O2S/c1-14(10-5-3-4-6-11(10)15)12(16)9(13)7-8-17-2/h9-11,15H,3-8,13H2,1-2H3/t9-,10?,11?/m0/s1. The molecule has 0 heterocycles. The Morgan fingerprint density at radius 3 is 2.76 bits per heavy atom. The van der Waals surface area contributed by atoms with Crippen LogP contribution in [0, 0.1) is 0 Å². The third-order valence-corrected chi connectivity index (χ3v) is 4.13. The van der Waals surface area contributed by atoms with Crippen LogP contribution in [0.5, 0.6) is 0 Å². The van der Waals surface area contributed by atoms with E-state index < -0.39 is 6.04 Å². The predicted molar refractivity (Wildman–Crippen MR) is 72.0 cm³/mol. The molecule has 0 aromatic heterocycles. The van der Waals surface area contributed by atoms with Crippen LogP contribution in [0.25, 0.3) is 0 Å². The third kappa shape index (κ3) is 4.16. The summed E-state index contributed by atoms with van der Waals surface area (Å²) >= 11 is 1.70. The predicted octanol–water partition coefficient (Wildman–Crippen LogP) is 0.829. The number of nitrogens with two attached hydrogens (primary N) is 1. The van der Waals surface area contributed by atoms with Crippen molar-refractivity contribution in [2.24, 2.45) is 5.73 Å². The van der Waals surface area contributed by atoms with Gasteiger partial charge in [-0.05, 0) is 31.3 Å². The van der Waals surface area contributed by atoms with E-state index in [1.54, 1.807) is 23.7 Å². The van der Waals surface area contributed by atoms with Gasteiger partial charge in [-0.2, -0.15) is 11.8 Å². The van der Waals surface area contributed by atoms with Gasteiger partial charge < -0.3 is 15.7 Å². The topological polar surface area (TPSA) is 66.6 Å². The number of likely N-dealkylation sites (N-methyl/N-ethyl adjacent to an activating group) is 1. The molecule has 2 unspecified atom stereocenters. The summed E-state index contributed by atoms with van der Waals surface area (Å²) in [6, 6.07) is -0.474. The van der Waals surface area contributed by atoms with Gasteiger partial charge in [0.2, 0.25) is 5.91 Å². The number of amides is 1. The van der Waals surface area contributed by atoms with Gasteiger partial charge in [0.05, 0.1) is 18.2 Å². The van der Waals surface area contributed by atoms with Crippen LogP contribution in [-0.2, 0) is 4.79 Å². The largest absolute Gasteiger partial charge is 0.391 e. The number of aliphatic hydroxyl groups excluding tert-OH is 1. The van der Waals surface area contributed by atoms with Crippen LogP contribution in [0.3, 0.4) is 0 Å². The third-order valence-electron chi connectivity index (χ3n) is 3.49. The van der Waals surface area contributed by atoms with Crippen molar-refractivity contribution in [3.8, 4) is 0 Å². The summed E-state index contributed by atoms with van der Waals surface area (Å²) in [5, 5.41) is 9.91. The average Bonchev–Trinajstić information content (AvgIpc) is 2.34. The van der Waals surface area contributed by atoms with E-state index in [1.165, 1.54) is 0 Å². The van der Waals surface area contributed by atoms with Crippen molar-refractivity contribution < 1.29 is 9.90 Å². The molecule has 4 nitrogen and oxygen atoms in total. The number of carbonyl (C=O) groups excluding carboxylic acids is 1. The summed E-state index contributed by atoms with van der Waals surface area (Å²) in [6.07, 6.45) is 6.14. The van der Waals surface area contributed by atoms with E-state index in [-0.39, 0.29) is 18.1 Å². The van der Waals surface area contributed by atoms with Gasteiger partial charge in [-0.15, -0.1) is 0 Å². The molecule has 1 rings (SSSR count). The van der Waals surface area contributed by atoms with Crippen molar-refractivity contribution in [3.63, 3.8) is 0 Å². The van der Waals surface area contributed by atoms with Crippen molar-refractivity contribution in [1.29, 1.82) is 0 Å². The minimum atomic E-state index is -0.429. The Balaban J connectivity index is 2.49. The van der Waals surface area contributed by atoms with Gasteiger partial charge in [-0.1, -0.05) is 12.8 Å². The Hall–Kier alpha value is -0.260. The molecule has 0 aromatic rings. The van der Waals surface area contributed by atoms with Gasteiger partial charge in [-0.3, -0.25) is 4.79 Å². The van der Waals surface area contributed by atoms with Crippen molar-refractivity contribution in [2.75, 3.05) is 19.1 Å². The van der Waals surface area contributed by atoms with Gasteiger partial charge in [0.25, 0.3) is 0 Å². The van der Waals surface area contributed by atoms with Gasteiger partial charge >= 0.3 is 0 Å². The van der Waals surface area contributed by atoms with Gasteiger partial charge in [0, 0.05) is 7.05 Å². The Morgan fingerprint density at radius 2 is 2.18 bits per heavy atom. The lowest BCUT2D eigenvalue weighted by atomic mass is 9.91. The molecule has 1 fully saturated rings. The molecule has 0 saturated heterocycles. The monoisotopic (exact) mass is 260 g/mol. The van der Waals surface area contributed by atoms with Crippen LogP contribution in [0.15, 0.2) is 0 Å². The lowest BCUT2D eigenvalue weighted by Crippen LogP contribution is -2.51. The fourth-order valence-electron chi connectivity index (χ4n) is 2.34. The van der Waals surface area contributed by atoms with Crippen LogP contribution < -0.4 is 5.73 Å². The van der Waals surface area contributed by atoms with Crippen molar-refractivity contribution in [1.82, 2.24) is 4.90 Å². The van der Waals surface area contributed by atoms with E-state index >= 15 is 0 Å². The molecule has 0 spiro atoms. The molecule has 1 aliphatic rings. The lowest BCUT2D eigenvalue weighted by Gasteiger charge is -2.36. The average molecular weight is 260 g/mol. The maximum absolute atomic E-state index is 12.1. The molecular formula is C12H24N2O2S. The van der Waals surface area contributed by atoms with E-state index in [1.807, 2.05) is 6.26 Å². The van der Waals surface area contributed by atoms with Crippen molar-refractivity contribution in [2.45, 2.75) is 50.3 Å². The zero-order valence-electron chi connectivity index (χ0n) is 10.8. The maximum Gasteiger partial charge on any atom is 0.239 e. The van der Waals surface area contributed by atoms with Crippen LogP contribution >= 0.6 is 11.8 Å². The molecule has 0 radical (unpaired) electrons. The molecule has 1 amide bonds. The molecule has 100 valence electrons. The highest BCUT2D eigenvalue weighted by atomic mass is 32.2. The zero-order valence-corrected chi connectivity index (χ0v) is 11.6. The second kappa shape index (κ2) is 7.24. The fourth-order valence-corrected chi connectivity index (χ4v) is 2.83. The molecule has 5 heteroatoms. The highest BCUT2D eigenvalue weighted by Crippen LogP contribution is 2.22. The summed E-state index contributed by atoms with van der Waals surface area (Å²) in [5.74, 6) is 0.860. The summed E-state index contributed by atoms with van der Waals surface area (Å²) in [5.41, 5.74) is 5.87.